The van der Waals surface area contributed by atoms with Gasteiger partial charge in [0.25, 0.3) is 0 Å². The number of rotatable bonds is 8. The van der Waals surface area contributed by atoms with E-state index in [1.807, 2.05) is 18.2 Å². The number of hydrogen-bond acceptors (Lipinski definition) is 3. The summed E-state index contributed by atoms with van der Waals surface area (Å²) in [6.07, 6.45) is 2.87. The quantitative estimate of drug-likeness (QED) is 0.207. The molecule has 0 aliphatic carbocycles. The van der Waals surface area contributed by atoms with Crippen molar-refractivity contribution in [1.29, 1.82) is 0 Å². The predicted molar refractivity (Wildman–Crippen MR) is 161 cm³/mol. The number of likely N-dealkylation sites (tertiary alicyclic amines) is 1. The van der Waals surface area contributed by atoms with Gasteiger partial charge < -0.3 is 9.84 Å². The van der Waals surface area contributed by atoms with Gasteiger partial charge in [0, 0.05) is 12.1 Å². The molecular weight excluding hydrogens is 490 g/mol. The van der Waals surface area contributed by atoms with Crippen LogP contribution < -0.4 is 0 Å². The molecule has 5 aromatic carbocycles. The van der Waals surface area contributed by atoms with Crippen LogP contribution in [0.25, 0.3) is 0 Å². The Morgan fingerprint density at radius 3 is 1.68 bits per heavy atom. The third-order valence-electron chi connectivity index (χ3n) is 8.18. The maximum absolute atomic E-state index is 10.7. The Morgan fingerprint density at radius 1 is 0.625 bits per heavy atom. The van der Waals surface area contributed by atoms with Crippen LogP contribution in [0.3, 0.4) is 0 Å². The van der Waals surface area contributed by atoms with Gasteiger partial charge in [-0.05, 0) is 53.6 Å². The molecule has 40 heavy (non-hydrogen) atoms. The van der Waals surface area contributed by atoms with E-state index in [4.69, 9.17) is 4.74 Å². The molecule has 0 spiro atoms. The summed E-state index contributed by atoms with van der Waals surface area (Å²) in [4.78, 5) is 2.57. The normalized spacial score (nSPS) is 17.9. The third kappa shape index (κ3) is 4.72. The molecule has 6 rings (SSSR count). The SMILES string of the molecule is Oc1cccc(C2(OCc3ccccc3)CCCCN2C(c2ccccc2)(c2ccccc2)c2ccccc2)c1. The molecule has 0 bridgehead atoms. The molecule has 0 amide bonds. The fourth-order valence-electron chi connectivity index (χ4n) is 6.45. The molecule has 1 N–H and O–H groups in total. The van der Waals surface area contributed by atoms with Crippen molar-refractivity contribution >= 4 is 0 Å². The van der Waals surface area contributed by atoms with Crippen LogP contribution >= 0.6 is 0 Å². The van der Waals surface area contributed by atoms with Gasteiger partial charge >= 0.3 is 0 Å². The zero-order valence-corrected chi connectivity index (χ0v) is 22.7. The Balaban J connectivity index is 1.65. The van der Waals surface area contributed by atoms with Crippen LogP contribution in [-0.4, -0.2) is 16.6 Å². The van der Waals surface area contributed by atoms with Gasteiger partial charge in [-0.1, -0.05) is 133 Å². The number of ether oxygens (including phenoxy) is 1. The molecule has 1 atom stereocenters. The Morgan fingerprint density at radius 2 is 1.15 bits per heavy atom. The number of nitrogens with zero attached hydrogens (tertiary/aromatic N) is 1. The van der Waals surface area contributed by atoms with E-state index in [-0.39, 0.29) is 5.75 Å². The Bertz CT molecular complexity index is 1410. The minimum absolute atomic E-state index is 0.246. The Hall–Kier alpha value is -4.18. The molecule has 1 aliphatic rings. The average molecular weight is 526 g/mol. The van der Waals surface area contributed by atoms with E-state index in [1.54, 1.807) is 6.07 Å². The maximum atomic E-state index is 10.7. The van der Waals surface area contributed by atoms with Crippen LogP contribution in [0, 0.1) is 0 Å². The lowest BCUT2D eigenvalue weighted by Crippen LogP contribution is -2.61. The van der Waals surface area contributed by atoms with Crippen molar-refractivity contribution in [3.8, 4) is 5.75 Å². The van der Waals surface area contributed by atoms with Gasteiger partial charge in [0.2, 0.25) is 0 Å². The summed E-state index contributed by atoms with van der Waals surface area (Å²) < 4.78 is 7.20. The number of benzene rings is 5. The molecule has 200 valence electrons. The van der Waals surface area contributed by atoms with Crippen molar-refractivity contribution in [3.05, 3.63) is 173 Å². The van der Waals surface area contributed by atoms with E-state index in [9.17, 15) is 5.11 Å². The smallest absolute Gasteiger partial charge is 0.149 e. The molecule has 3 nitrogen and oxygen atoms in total. The maximum Gasteiger partial charge on any atom is 0.149 e. The second-order valence-electron chi connectivity index (χ2n) is 10.5. The van der Waals surface area contributed by atoms with Gasteiger partial charge in [-0.25, -0.2) is 0 Å². The zero-order chi connectivity index (χ0) is 27.3. The first-order chi connectivity index (χ1) is 19.7. The first-order valence-corrected chi connectivity index (χ1v) is 14.2. The second-order valence-corrected chi connectivity index (χ2v) is 10.5. The van der Waals surface area contributed by atoms with Crippen LogP contribution in [-0.2, 0) is 22.6 Å². The van der Waals surface area contributed by atoms with E-state index in [1.165, 1.54) is 16.7 Å². The summed E-state index contributed by atoms with van der Waals surface area (Å²) in [5.74, 6) is 0.246. The highest BCUT2D eigenvalue weighted by Gasteiger charge is 2.54. The van der Waals surface area contributed by atoms with E-state index < -0.39 is 11.3 Å². The summed E-state index contributed by atoms with van der Waals surface area (Å²) in [5.41, 5.74) is 4.19. The molecule has 1 aliphatic heterocycles. The average Bonchev–Trinajstić information content (AvgIpc) is 3.03. The Kier molecular flexibility index (Phi) is 7.50. The van der Waals surface area contributed by atoms with Crippen molar-refractivity contribution in [2.75, 3.05) is 6.54 Å². The molecular formula is C37H35NO2. The second kappa shape index (κ2) is 11.5. The molecule has 1 heterocycles. The fraction of sp³-hybridized carbons (Fsp3) is 0.189. The molecule has 0 saturated carbocycles. The molecule has 1 saturated heterocycles. The molecule has 3 heteroatoms. The van der Waals surface area contributed by atoms with Gasteiger partial charge in [-0.3, -0.25) is 4.90 Å². The van der Waals surface area contributed by atoms with Gasteiger partial charge in [0.1, 0.15) is 11.5 Å². The number of phenols is 1. The summed E-state index contributed by atoms with van der Waals surface area (Å²) >= 11 is 0. The highest BCUT2D eigenvalue weighted by atomic mass is 16.5. The van der Waals surface area contributed by atoms with E-state index >= 15 is 0 Å². The monoisotopic (exact) mass is 525 g/mol. The van der Waals surface area contributed by atoms with Crippen LogP contribution in [0.4, 0.5) is 0 Å². The highest BCUT2D eigenvalue weighted by molar-refractivity contribution is 5.51. The topological polar surface area (TPSA) is 32.7 Å². The summed E-state index contributed by atoms with van der Waals surface area (Å²) in [5, 5.41) is 10.7. The van der Waals surface area contributed by atoms with Gasteiger partial charge in [-0.15, -0.1) is 0 Å². The van der Waals surface area contributed by atoms with Crippen molar-refractivity contribution in [1.82, 2.24) is 4.90 Å². The third-order valence-corrected chi connectivity index (χ3v) is 8.18. The minimum Gasteiger partial charge on any atom is -0.508 e. The molecule has 1 fully saturated rings. The standard InChI is InChI=1S/C37H35NO2/c39-35-25-15-24-34(28-35)36(40-29-30-16-5-1-6-17-30)26-13-14-27-38(36)37(31-18-7-2-8-19-31,32-20-9-3-10-21-32)33-22-11-4-12-23-33/h1-12,15-25,28,39H,13-14,26-27,29H2. The minimum atomic E-state index is -0.797. The largest absolute Gasteiger partial charge is 0.508 e. The van der Waals surface area contributed by atoms with Crippen LogP contribution in [0.5, 0.6) is 5.75 Å². The lowest BCUT2D eigenvalue weighted by Gasteiger charge is -2.57. The molecule has 0 radical (unpaired) electrons. The van der Waals surface area contributed by atoms with Crippen molar-refractivity contribution in [3.63, 3.8) is 0 Å². The zero-order valence-electron chi connectivity index (χ0n) is 22.7. The summed E-state index contributed by atoms with van der Waals surface area (Å²) in [6.45, 7) is 1.28. The van der Waals surface area contributed by atoms with Crippen LogP contribution in [0.15, 0.2) is 146 Å². The van der Waals surface area contributed by atoms with Crippen molar-refractivity contribution in [2.24, 2.45) is 0 Å². The van der Waals surface area contributed by atoms with Crippen LogP contribution in [0.1, 0.15) is 47.1 Å². The summed E-state index contributed by atoms with van der Waals surface area (Å²) in [7, 11) is 0. The van der Waals surface area contributed by atoms with Gasteiger partial charge in [0.15, 0.2) is 0 Å². The number of hydrogen-bond donors (Lipinski definition) is 1. The molecule has 0 aromatic heterocycles. The molecule has 5 aromatic rings. The predicted octanol–water partition coefficient (Wildman–Crippen LogP) is 8.24. The van der Waals surface area contributed by atoms with Gasteiger partial charge in [-0.2, -0.15) is 0 Å². The van der Waals surface area contributed by atoms with Crippen molar-refractivity contribution in [2.45, 2.75) is 37.1 Å². The molecule has 1 unspecified atom stereocenters. The van der Waals surface area contributed by atoms with E-state index in [0.29, 0.717) is 6.61 Å². The summed E-state index contributed by atoms with van der Waals surface area (Å²) in [6, 6.07) is 50.4. The first kappa shape index (κ1) is 26.1. The van der Waals surface area contributed by atoms with Crippen molar-refractivity contribution < 1.29 is 9.84 Å². The highest BCUT2D eigenvalue weighted by Crippen LogP contribution is 2.52. The Labute approximate surface area is 237 Å². The van der Waals surface area contributed by atoms with E-state index in [0.717, 1.165) is 36.9 Å². The fourth-order valence-corrected chi connectivity index (χ4v) is 6.45. The first-order valence-electron chi connectivity index (χ1n) is 14.2. The lowest BCUT2D eigenvalue weighted by atomic mass is 9.72. The lowest BCUT2D eigenvalue weighted by molar-refractivity contribution is -0.217. The van der Waals surface area contributed by atoms with E-state index in [2.05, 4.69) is 126 Å². The van der Waals surface area contributed by atoms with Gasteiger partial charge in [0.05, 0.1) is 12.1 Å². The number of piperidine rings is 1. The number of aromatic hydroxyl groups is 1. The number of phenolic OH excluding ortho intramolecular Hbond substituents is 1. The van der Waals surface area contributed by atoms with Crippen LogP contribution in [0.2, 0.25) is 0 Å².